The molecule has 0 aliphatic carbocycles. The van der Waals surface area contributed by atoms with E-state index in [1.807, 2.05) is 54.6 Å². The summed E-state index contributed by atoms with van der Waals surface area (Å²) >= 11 is 0. The summed E-state index contributed by atoms with van der Waals surface area (Å²) < 4.78 is 7.21. The number of ether oxygens (including phenoxy) is 1. The van der Waals surface area contributed by atoms with Crippen LogP contribution in [0.5, 0.6) is 5.75 Å². The van der Waals surface area contributed by atoms with Crippen LogP contribution in [0.4, 0.5) is 0 Å². The maximum atomic E-state index is 12.4. The molecule has 0 amide bonds. The zero-order valence-corrected chi connectivity index (χ0v) is 13.7. The van der Waals surface area contributed by atoms with Crippen LogP contribution < -0.4 is 15.6 Å². The Balaban J connectivity index is 1.51. The van der Waals surface area contributed by atoms with Crippen molar-refractivity contribution in [2.75, 3.05) is 13.2 Å². The molecule has 24 heavy (non-hydrogen) atoms. The van der Waals surface area contributed by atoms with E-state index in [1.54, 1.807) is 6.20 Å². The predicted octanol–water partition coefficient (Wildman–Crippen LogP) is 2.45. The molecule has 124 valence electrons. The van der Waals surface area contributed by atoms with Gasteiger partial charge in [0.05, 0.1) is 18.1 Å². The van der Waals surface area contributed by atoms with Crippen LogP contribution in [0, 0.1) is 0 Å². The molecule has 5 nitrogen and oxygen atoms in total. The number of benzene rings is 2. The summed E-state index contributed by atoms with van der Waals surface area (Å²) in [5.41, 5.74) is -0.0527. The molecule has 3 aromatic rings. The molecule has 0 fully saturated rings. The van der Waals surface area contributed by atoms with Crippen LogP contribution in [-0.2, 0) is 6.54 Å². The summed E-state index contributed by atoms with van der Waals surface area (Å²) in [6.45, 7) is 3.81. The molecule has 0 aliphatic heterocycles. The lowest BCUT2D eigenvalue weighted by Gasteiger charge is -2.15. The third kappa shape index (κ3) is 4.00. The van der Waals surface area contributed by atoms with Gasteiger partial charge in [0, 0.05) is 18.0 Å². The molecule has 0 aliphatic rings. The maximum absolute atomic E-state index is 12.4. The van der Waals surface area contributed by atoms with Gasteiger partial charge in [0.1, 0.15) is 12.4 Å². The highest BCUT2D eigenvalue weighted by molar-refractivity contribution is 5.80. The molecular formula is C19H21N3O2. The highest BCUT2D eigenvalue weighted by Gasteiger charge is 2.05. The second-order valence-electron chi connectivity index (χ2n) is 5.74. The van der Waals surface area contributed by atoms with Crippen molar-refractivity contribution >= 4 is 10.8 Å². The molecule has 5 heteroatoms. The quantitative estimate of drug-likeness (QED) is 0.726. The number of hydrogen-bond donors (Lipinski definition) is 1. The van der Waals surface area contributed by atoms with Crippen molar-refractivity contribution in [1.29, 1.82) is 0 Å². The third-order valence-electron chi connectivity index (χ3n) is 3.82. The lowest BCUT2D eigenvalue weighted by Crippen LogP contribution is -2.36. The molecule has 1 N–H and O–H groups in total. The zero-order chi connectivity index (χ0) is 16.8. The van der Waals surface area contributed by atoms with Crippen molar-refractivity contribution in [2.24, 2.45) is 0 Å². The fraction of sp³-hybridized carbons (Fsp3) is 0.263. The summed E-state index contributed by atoms with van der Waals surface area (Å²) in [5.74, 6) is 0.860. The number of fused-ring (bicyclic) bond motifs is 1. The van der Waals surface area contributed by atoms with E-state index >= 15 is 0 Å². The average molecular weight is 323 g/mol. The van der Waals surface area contributed by atoms with E-state index in [9.17, 15) is 4.79 Å². The Hall–Kier alpha value is -2.66. The molecule has 1 unspecified atom stereocenters. The molecule has 0 spiro atoms. The van der Waals surface area contributed by atoms with Gasteiger partial charge in [-0.2, -0.15) is 5.10 Å². The number of rotatable bonds is 7. The maximum Gasteiger partial charge on any atom is 0.274 e. The van der Waals surface area contributed by atoms with Crippen molar-refractivity contribution < 1.29 is 4.74 Å². The predicted molar refractivity (Wildman–Crippen MR) is 95.4 cm³/mol. The summed E-state index contributed by atoms with van der Waals surface area (Å²) in [6, 6.07) is 17.4. The van der Waals surface area contributed by atoms with Crippen molar-refractivity contribution in [3.05, 3.63) is 71.1 Å². The molecule has 0 bridgehead atoms. The minimum Gasteiger partial charge on any atom is -0.492 e. The van der Waals surface area contributed by atoms with Gasteiger partial charge < -0.3 is 10.1 Å². The van der Waals surface area contributed by atoms with Gasteiger partial charge in [-0.3, -0.25) is 4.79 Å². The van der Waals surface area contributed by atoms with E-state index in [2.05, 4.69) is 17.3 Å². The van der Waals surface area contributed by atoms with Gasteiger partial charge in [-0.05, 0) is 25.1 Å². The molecular weight excluding hydrogens is 302 g/mol. The first-order chi connectivity index (χ1) is 11.7. The first kappa shape index (κ1) is 16.2. The van der Waals surface area contributed by atoms with E-state index in [0.717, 1.165) is 11.1 Å². The van der Waals surface area contributed by atoms with Crippen LogP contribution in [0.3, 0.4) is 0 Å². The second-order valence-corrected chi connectivity index (χ2v) is 5.74. The van der Waals surface area contributed by atoms with Crippen molar-refractivity contribution in [1.82, 2.24) is 15.1 Å². The minimum absolute atomic E-state index is 0.0527. The number of nitrogens with one attached hydrogen (secondary N) is 1. The van der Waals surface area contributed by atoms with Crippen LogP contribution in [0.25, 0.3) is 10.8 Å². The van der Waals surface area contributed by atoms with Gasteiger partial charge in [0.2, 0.25) is 0 Å². The van der Waals surface area contributed by atoms with Crippen LogP contribution >= 0.6 is 0 Å². The first-order valence-electron chi connectivity index (χ1n) is 8.10. The van der Waals surface area contributed by atoms with E-state index in [4.69, 9.17) is 4.74 Å². The van der Waals surface area contributed by atoms with Crippen molar-refractivity contribution in [3.8, 4) is 5.75 Å². The van der Waals surface area contributed by atoms with E-state index in [-0.39, 0.29) is 11.6 Å². The fourth-order valence-electron chi connectivity index (χ4n) is 2.50. The Kier molecular flexibility index (Phi) is 5.23. The van der Waals surface area contributed by atoms with E-state index in [0.29, 0.717) is 25.1 Å². The Morgan fingerprint density at radius 1 is 1.12 bits per heavy atom. The molecule has 1 aromatic heterocycles. The topological polar surface area (TPSA) is 56.1 Å². The van der Waals surface area contributed by atoms with Gasteiger partial charge in [-0.1, -0.05) is 36.4 Å². The summed E-state index contributed by atoms with van der Waals surface area (Å²) in [6.07, 6.45) is 1.73. The standard InChI is InChI=1S/C19H21N3O2/c1-15(14-24-17-8-3-2-4-9-17)20-11-12-22-19(23)18-10-6-5-7-16(18)13-21-22/h2-10,13,15,20H,11-12,14H2,1H3. The summed E-state index contributed by atoms with van der Waals surface area (Å²) in [7, 11) is 0. The van der Waals surface area contributed by atoms with Gasteiger partial charge >= 0.3 is 0 Å². The fourth-order valence-corrected chi connectivity index (χ4v) is 2.50. The summed E-state index contributed by atoms with van der Waals surface area (Å²) in [5, 5.41) is 9.16. The van der Waals surface area contributed by atoms with Crippen LogP contribution in [0.15, 0.2) is 65.6 Å². The van der Waals surface area contributed by atoms with Gasteiger partial charge in [-0.15, -0.1) is 0 Å². The highest BCUT2D eigenvalue weighted by atomic mass is 16.5. The number of para-hydroxylation sites is 1. The smallest absolute Gasteiger partial charge is 0.274 e. The lowest BCUT2D eigenvalue weighted by molar-refractivity contribution is 0.271. The minimum atomic E-state index is -0.0527. The molecule has 2 aromatic carbocycles. The lowest BCUT2D eigenvalue weighted by atomic mass is 10.2. The number of hydrogen-bond acceptors (Lipinski definition) is 4. The normalized spacial score (nSPS) is 12.2. The molecule has 1 atom stereocenters. The molecule has 3 rings (SSSR count). The average Bonchev–Trinajstić information content (AvgIpc) is 2.63. The number of aromatic nitrogens is 2. The van der Waals surface area contributed by atoms with Crippen molar-refractivity contribution in [2.45, 2.75) is 19.5 Å². The monoisotopic (exact) mass is 323 g/mol. The summed E-state index contributed by atoms with van der Waals surface area (Å²) in [4.78, 5) is 12.4. The molecule has 1 heterocycles. The molecule has 0 saturated heterocycles. The molecule has 0 saturated carbocycles. The van der Waals surface area contributed by atoms with Crippen molar-refractivity contribution in [3.63, 3.8) is 0 Å². The van der Waals surface area contributed by atoms with Gasteiger partial charge in [0.25, 0.3) is 5.56 Å². The Bertz CT molecular complexity index is 846. The largest absolute Gasteiger partial charge is 0.492 e. The SMILES string of the molecule is CC(COc1ccccc1)NCCn1ncc2ccccc2c1=O. The second kappa shape index (κ2) is 7.75. The number of nitrogens with zero attached hydrogens (tertiary/aromatic N) is 2. The van der Waals surface area contributed by atoms with Crippen LogP contribution in [0.1, 0.15) is 6.92 Å². The van der Waals surface area contributed by atoms with Gasteiger partial charge in [0.15, 0.2) is 0 Å². The van der Waals surface area contributed by atoms with Crippen LogP contribution in [0.2, 0.25) is 0 Å². The Morgan fingerprint density at radius 3 is 2.71 bits per heavy atom. The molecule has 0 radical (unpaired) electrons. The Morgan fingerprint density at radius 2 is 1.88 bits per heavy atom. The van der Waals surface area contributed by atoms with Crippen LogP contribution in [-0.4, -0.2) is 29.0 Å². The Labute approximate surface area is 140 Å². The van der Waals surface area contributed by atoms with Gasteiger partial charge in [-0.25, -0.2) is 4.68 Å². The van der Waals surface area contributed by atoms with E-state index in [1.165, 1.54) is 4.68 Å². The highest BCUT2D eigenvalue weighted by Crippen LogP contribution is 2.08. The van der Waals surface area contributed by atoms with E-state index < -0.39 is 0 Å². The zero-order valence-electron chi connectivity index (χ0n) is 13.7. The first-order valence-corrected chi connectivity index (χ1v) is 8.10. The third-order valence-corrected chi connectivity index (χ3v) is 3.82.